The van der Waals surface area contributed by atoms with Gasteiger partial charge in [0.15, 0.2) is 0 Å². The first kappa shape index (κ1) is 14.0. The number of benzene rings is 1. The van der Waals surface area contributed by atoms with E-state index >= 15 is 0 Å². The molecule has 2 rings (SSSR count). The first-order chi connectivity index (χ1) is 9.63. The van der Waals surface area contributed by atoms with E-state index < -0.39 is 5.92 Å². The van der Waals surface area contributed by atoms with Gasteiger partial charge in [-0.2, -0.15) is 0 Å². The minimum Gasteiger partial charge on any atom is -0.313 e. The quantitative estimate of drug-likeness (QED) is 0.772. The Labute approximate surface area is 117 Å². The Morgan fingerprint density at radius 3 is 2.30 bits per heavy atom. The van der Waals surface area contributed by atoms with E-state index in [1.165, 1.54) is 0 Å². The van der Waals surface area contributed by atoms with E-state index in [0.717, 1.165) is 5.69 Å². The molecule has 3 amide bonds. The van der Waals surface area contributed by atoms with Crippen LogP contribution in [0.15, 0.2) is 30.3 Å². The maximum absolute atomic E-state index is 12.2. The van der Waals surface area contributed by atoms with Crippen molar-refractivity contribution >= 4 is 23.4 Å². The molecule has 20 heavy (non-hydrogen) atoms. The molecule has 0 bridgehead atoms. The monoisotopic (exact) mass is 275 g/mol. The van der Waals surface area contributed by atoms with Crippen molar-refractivity contribution in [3.8, 4) is 0 Å². The number of hydrogen-bond acceptors (Lipinski definition) is 3. The molecule has 0 spiro atoms. The molecule has 1 saturated heterocycles. The molecule has 1 aliphatic rings. The van der Waals surface area contributed by atoms with Crippen molar-refractivity contribution in [3.63, 3.8) is 0 Å². The zero-order chi connectivity index (χ0) is 14.5. The van der Waals surface area contributed by atoms with Crippen LogP contribution in [-0.2, 0) is 14.4 Å². The molecule has 1 heterocycles. The van der Waals surface area contributed by atoms with E-state index in [-0.39, 0.29) is 30.6 Å². The number of rotatable bonds is 5. The molecule has 0 atom stereocenters. The van der Waals surface area contributed by atoms with Crippen LogP contribution in [-0.4, -0.2) is 24.3 Å². The summed E-state index contributed by atoms with van der Waals surface area (Å²) in [7, 11) is 0. The molecule has 2 N–H and O–H groups in total. The summed E-state index contributed by atoms with van der Waals surface area (Å²) < 4.78 is 0. The number of para-hydroxylation sites is 1. The lowest BCUT2D eigenvalue weighted by Gasteiger charge is -2.21. The molecule has 0 saturated carbocycles. The first-order valence-corrected chi connectivity index (χ1v) is 6.58. The second-order valence-electron chi connectivity index (χ2n) is 4.54. The third kappa shape index (κ3) is 2.96. The highest BCUT2D eigenvalue weighted by atomic mass is 16.2. The lowest BCUT2D eigenvalue weighted by atomic mass is 10.0. The summed E-state index contributed by atoms with van der Waals surface area (Å²) in [6, 6.07) is 9.33. The fraction of sp³-hybridized carbons (Fsp3) is 0.357. The van der Waals surface area contributed by atoms with Gasteiger partial charge in [0.05, 0.1) is 0 Å². The summed E-state index contributed by atoms with van der Waals surface area (Å²) in [6.07, 6.45) is 0.383. The number of carbonyl (C=O) groups excluding carboxylic acids is 3. The van der Waals surface area contributed by atoms with Crippen LogP contribution in [0.25, 0.3) is 0 Å². The van der Waals surface area contributed by atoms with Crippen molar-refractivity contribution < 1.29 is 14.4 Å². The van der Waals surface area contributed by atoms with E-state index in [4.69, 9.17) is 0 Å². The van der Waals surface area contributed by atoms with Crippen LogP contribution in [0.2, 0.25) is 0 Å². The third-order valence-corrected chi connectivity index (χ3v) is 3.27. The molecule has 1 aromatic carbocycles. The molecule has 0 aliphatic carbocycles. The molecule has 1 aliphatic heterocycles. The number of carbonyl (C=O) groups is 3. The molecular weight excluding hydrogens is 258 g/mol. The zero-order valence-corrected chi connectivity index (χ0v) is 11.3. The highest BCUT2D eigenvalue weighted by Crippen LogP contribution is 2.17. The summed E-state index contributed by atoms with van der Waals surface area (Å²) in [4.78, 5) is 36.6. The fourth-order valence-electron chi connectivity index (χ4n) is 2.19. The Morgan fingerprint density at radius 2 is 1.75 bits per heavy atom. The number of amides is 3. The lowest BCUT2D eigenvalue weighted by molar-refractivity contribution is -0.128. The van der Waals surface area contributed by atoms with E-state index in [0.29, 0.717) is 6.54 Å². The summed E-state index contributed by atoms with van der Waals surface area (Å²) in [5.74, 6) is -1.60. The van der Waals surface area contributed by atoms with Crippen LogP contribution in [0.5, 0.6) is 0 Å². The van der Waals surface area contributed by atoms with Crippen molar-refractivity contribution in [2.45, 2.75) is 19.8 Å². The normalized spacial score (nSPS) is 14.8. The van der Waals surface area contributed by atoms with E-state index in [9.17, 15) is 14.4 Å². The van der Waals surface area contributed by atoms with Gasteiger partial charge in [-0.1, -0.05) is 18.2 Å². The van der Waals surface area contributed by atoms with Gasteiger partial charge in [-0.15, -0.1) is 0 Å². The summed E-state index contributed by atoms with van der Waals surface area (Å²) in [6.45, 7) is 2.44. The smallest absolute Gasteiger partial charge is 0.251 e. The number of anilines is 1. The van der Waals surface area contributed by atoms with E-state index in [1.807, 2.05) is 37.3 Å². The van der Waals surface area contributed by atoms with Gasteiger partial charge < -0.3 is 4.90 Å². The van der Waals surface area contributed by atoms with Gasteiger partial charge in [0.1, 0.15) is 5.92 Å². The van der Waals surface area contributed by atoms with Crippen LogP contribution >= 0.6 is 0 Å². The molecule has 6 heteroatoms. The number of nitrogens with zero attached hydrogens (tertiary/aromatic N) is 1. The minimum atomic E-state index is -0.770. The maximum atomic E-state index is 12.2. The van der Waals surface area contributed by atoms with Crippen LogP contribution < -0.4 is 15.8 Å². The van der Waals surface area contributed by atoms with Gasteiger partial charge in [-0.25, -0.2) is 0 Å². The average Bonchev–Trinajstić information content (AvgIpc) is 2.78. The summed E-state index contributed by atoms with van der Waals surface area (Å²) in [5.41, 5.74) is 5.33. The highest BCUT2D eigenvalue weighted by molar-refractivity contribution is 6.05. The van der Waals surface area contributed by atoms with Crippen LogP contribution in [0.3, 0.4) is 0 Å². The van der Waals surface area contributed by atoms with Gasteiger partial charge in [-0.3, -0.25) is 25.2 Å². The molecule has 0 unspecified atom stereocenters. The van der Waals surface area contributed by atoms with Crippen LogP contribution in [0.1, 0.15) is 19.8 Å². The Morgan fingerprint density at radius 1 is 1.15 bits per heavy atom. The molecule has 6 nitrogen and oxygen atoms in total. The van der Waals surface area contributed by atoms with Crippen molar-refractivity contribution in [1.29, 1.82) is 0 Å². The number of hydrogen-bond donors (Lipinski definition) is 2. The molecule has 1 fully saturated rings. The van der Waals surface area contributed by atoms with Gasteiger partial charge in [0, 0.05) is 18.7 Å². The van der Waals surface area contributed by atoms with Crippen LogP contribution in [0, 0.1) is 5.92 Å². The second kappa shape index (κ2) is 6.18. The molecule has 1 aromatic rings. The van der Waals surface area contributed by atoms with E-state index in [1.54, 1.807) is 4.90 Å². The number of hydrazine groups is 1. The molecule has 0 aromatic heterocycles. The molecular formula is C14H17N3O3. The third-order valence-electron chi connectivity index (χ3n) is 3.27. The fourth-order valence-corrected chi connectivity index (χ4v) is 2.19. The van der Waals surface area contributed by atoms with E-state index in [2.05, 4.69) is 10.9 Å². The van der Waals surface area contributed by atoms with Crippen molar-refractivity contribution in [2.24, 2.45) is 5.92 Å². The van der Waals surface area contributed by atoms with Crippen molar-refractivity contribution in [3.05, 3.63) is 30.3 Å². The van der Waals surface area contributed by atoms with Gasteiger partial charge in [-0.05, 0) is 25.5 Å². The second-order valence-corrected chi connectivity index (χ2v) is 4.54. The zero-order valence-electron chi connectivity index (χ0n) is 11.3. The van der Waals surface area contributed by atoms with Crippen molar-refractivity contribution in [1.82, 2.24) is 10.9 Å². The predicted molar refractivity (Wildman–Crippen MR) is 73.5 cm³/mol. The number of nitrogens with one attached hydrogen (secondary N) is 2. The lowest BCUT2D eigenvalue weighted by Crippen LogP contribution is -2.31. The van der Waals surface area contributed by atoms with Gasteiger partial charge in [0.2, 0.25) is 5.91 Å². The Kier molecular flexibility index (Phi) is 4.34. The first-order valence-electron chi connectivity index (χ1n) is 6.58. The van der Waals surface area contributed by atoms with Crippen molar-refractivity contribution in [2.75, 3.05) is 11.4 Å². The molecule has 106 valence electrons. The molecule has 0 radical (unpaired) electrons. The summed E-state index contributed by atoms with van der Waals surface area (Å²) >= 11 is 0. The van der Waals surface area contributed by atoms with Gasteiger partial charge >= 0.3 is 0 Å². The maximum Gasteiger partial charge on any atom is 0.251 e. The topological polar surface area (TPSA) is 78.5 Å². The minimum absolute atomic E-state index is 0.0915. The Balaban J connectivity index is 1.97. The largest absolute Gasteiger partial charge is 0.313 e. The SMILES string of the molecule is CCN(C(=O)CCC1C(=O)NNC1=O)c1ccccc1. The predicted octanol–water partition coefficient (Wildman–Crippen LogP) is 0.597. The Bertz CT molecular complexity index is 500. The highest BCUT2D eigenvalue weighted by Gasteiger charge is 2.33. The summed E-state index contributed by atoms with van der Waals surface area (Å²) in [5, 5.41) is 0. The average molecular weight is 275 g/mol. The standard InChI is InChI=1S/C14H17N3O3/c1-2-17(10-6-4-3-5-7-10)12(18)9-8-11-13(19)15-16-14(11)20/h3-7,11H,2,8-9H2,1H3,(H,15,19)(H,16,20). The Hall–Kier alpha value is -2.37. The van der Waals surface area contributed by atoms with Crippen LogP contribution in [0.4, 0.5) is 5.69 Å². The van der Waals surface area contributed by atoms with Gasteiger partial charge in [0.25, 0.3) is 11.8 Å².